The Kier molecular flexibility index (Phi) is 9.52. The Hall–Kier alpha value is -3.59. The van der Waals surface area contributed by atoms with E-state index in [1.54, 1.807) is 38.3 Å². The highest BCUT2D eigenvalue weighted by molar-refractivity contribution is 7.92. The number of benzene rings is 3. The first-order valence-corrected chi connectivity index (χ1v) is 14.2. The molecule has 0 aliphatic heterocycles. The molecule has 198 valence electrons. The van der Waals surface area contributed by atoms with Crippen LogP contribution in [-0.4, -0.2) is 57.6 Å². The highest BCUT2D eigenvalue weighted by Gasteiger charge is 2.30. The fourth-order valence-electron chi connectivity index (χ4n) is 4.11. The summed E-state index contributed by atoms with van der Waals surface area (Å²) in [5.74, 6) is -0.154. The third-order valence-corrected chi connectivity index (χ3v) is 7.32. The summed E-state index contributed by atoms with van der Waals surface area (Å²) in [4.78, 5) is 28.1. The van der Waals surface area contributed by atoms with Crippen molar-refractivity contribution in [3.05, 3.63) is 72.3 Å². The summed E-state index contributed by atoms with van der Waals surface area (Å²) in [6.45, 7) is 3.87. The van der Waals surface area contributed by atoms with Crippen molar-refractivity contribution in [1.82, 2.24) is 10.2 Å². The van der Waals surface area contributed by atoms with Gasteiger partial charge in [0.1, 0.15) is 18.3 Å². The molecule has 0 saturated heterocycles. The lowest BCUT2D eigenvalue weighted by Gasteiger charge is -2.32. The number of hydrogen-bond acceptors (Lipinski definition) is 5. The van der Waals surface area contributed by atoms with Crippen molar-refractivity contribution >= 4 is 38.3 Å². The lowest BCUT2D eigenvalue weighted by Crippen LogP contribution is -2.51. The quantitative estimate of drug-likeness (QED) is 0.361. The monoisotopic (exact) mass is 525 g/mol. The van der Waals surface area contributed by atoms with Crippen molar-refractivity contribution in [3.63, 3.8) is 0 Å². The van der Waals surface area contributed by atoms with Crippen LogP contribution in [0.15, 0.2) is 66.7 Å². The summed E-state index contributed by atoms with van der Waals surface area (Å²) in [7, 11) is -2.26. The van der Waals surface area contributed by atoms with Gasteiger partial charge in [-0.05, 0) is 42.5 Å². The van der Waals surface area contributed by atoms with E-state index in [9.17, 15) is 18.0 Å². The standard InChI is InChI=1S/C28H35N3O5S/c1-5-6-17-29-28(33)21(2)30(19-22-11-9-14-24(18-22)36-3)27(32)20-31(37(4,34)35)26-16-10-13-23-12-7-8-15-25(23)26/h7-16,18,21H,5-6,17,19-20H2,1-4H3,(H,29,33). The molecule has 9 heteroatoms. The van der Waals surface area contributed by atoms with Crippen LogP contribution in [0.5, 0.6) is 5.75 Å². The van der Waals surface area contributed by atoms with Gasteiger partial charge in [-0.3, -0.25) is 13.9 Å². The van der Waals surface area contributed by atoms with E-state index in [0.29, 0.717) is 23.4 Å². The highest BCUT2D eigenvalue weighted by atomic mass is 32.2. The van der Waals surface area contributed by atoms with Gasteiger partial charge in [-0.1, -0.05) is 61.9 Å². The second-order valence-electron chi connectivity index (χ2n) is 8.96. The number of amides is 2. The zero-order valence-corrected chi connectivity index (χ0v) is 22.6. The topological polar surface area (TPSA) is 96.0 Å². The van der Waals surface area contributed by atoms with E-state index in [0.717, 1.165) is 34.4 Å². The summed E-state index contributed by atoms with van der Waals surface area (Å²) in [5, 5.41) is 4.45. The van der Waals surface area contributed by atoms with E-state index in [1.165, 1.54) is 4.90 Å². The Morgan fingerprint density at radius 3 is 2.43 bits per heavy atom. The molecular formula is C28H35N3O5S. The van der Waals surface area contributed by atoms with E-state index in [4.69, 9.17) is 4.74 Å². The SMILES string of the molecule is CCCCNC(=O)C(C)N(Cc1cccc(OC)c1)C(=O)CN(c1cccc2ccccc12)S(C)(=O)=O. The molecule has 1 atom stereocenters. The van der Waals surface area contributed by atoms with E-state index >= 15 is 0 Å². The molecule has 0 fully saturated rings. The number of nitrogens with zero attached hydrogens (tertiary/aromatic N) is 2. The molecule has 0 heterocycles. The lowest BCUT2D eigenvalue weighted by atomic mass is 10.1. The first kappa shape index (κ1) is 28.0. The van der Waals surface area contributed by atoms with Gasteiger partial charge in [-0.15, -0.1) is 0 Å². The maximum atomic E-state index is 13.8. The van der Waals surface area contributed by atoms with Crippen molar-refractivity contribution in [2.24, 2.45) is 0 Å². The van der Waals surface area contributed by atoms with Crippen molar-refractivity contribution in [2.45, 2.75) is 39.3 Å². The number of fused-ring (bicyclic) bond motifs is 1. The third-order valence-electron chi connectivity index (χ3n) is 6.20. The molecule has 0 radical (unpaired) electrons. The molecule has 0 spiro atoms. The number of ether oxygens (including phenoxy) is 1. The number of rotatable bonds is 12. The highest BCUT2D eigenvalue weighted by Crippen LogP contribution is 2.28. The minimum atomic E-state index is -3.82. The second kappa shape index (κ2) is 12.6. The average molecular weight is 526 g/mol. The van der Waals surface area contributed by atoms with Crippen molar-refractivity contribution < 1.29 is 22.7 Å². The number of unbranched alkanes of at least 4 members (excludes halogenated alkanes) is 1. The molecule has 0 aromatic heterocycles. The van der Waals surface area contributed by atoms with E-state index in [-0.39, 0.29) is 12.5 Å². The minimum absolute atomic E-state index is 0.117. The Balaban J connectivity index is 1.96. The number of anilines is 1. The smallest absolute Gasteiger partial charge is 0.244 e. The molecule has 0 saturated carbocycles. The summed E-state index contributed by atoms with van der Waals surface area (Å²) < 4.78 is 32.2. The fraction of sp³-hybridized carbons (Fsp3) is 0.357. The van der Waals surface area contributed by atoms with Crippen LogP contribution in [0.4, 0.5) is 5.69 Å². The molecule has 0 bridgehead atoms. The zero-order valence-electron chi connectivity index (χ0n) is 21.8. The Morgan fingerprint density at radius 2 is 1.73 bits per heavy atom. The van der Waals surface area contributed by atoms with Crippen LogP contribution in [0.2, 0.25) is 0 Å². The summed E-state index contributed by atoms with van der Waals surface area (Å²) in [5.41, 5.74) is 1.17. The van der Waals surface area contributed by atoms with Gasteiger partial charge in [0.05, 0.1) is 19.1 Å². The Bertz CT molecular complexity index is 1340. The molecule has 3 aromatic carbocycles. The molecule has 1 N–H and O–H groups in total. The van der Waals surface area contributed by atoms with Gasteiger partial charge in [-0.25, -0.2) is 8.42 Å². The van der Waals surface area contributed by atoms with Crippen LogP contribution in [-0.2, 0) is 26.2 Å². The van der Waals surface area contributed by atoms with Crippen LogP contribution in [0.25, 0.3) is 10.8 Å². The molecule has 1 unspecified atom stereocenters. The molecule has 0 aliphatic rings. The predicted molar refractivity (Wildman–Crippen MR) is 147 cm³/mol. The molecular weight excluding hydrogens is 490 g/mol. The van der Waals surface area contributed by atoms with Crippen molar-refractivity contribution in [1.29, 1.82) is 0 Å². The Labute approximate surface area is 219 Å². The van der Waals surface area contributed by atoms with Crippen molar-refractivity contribution in [3.8, 4) is 5.75 Å². The van der Waals surface area contributed by atoms with Gasteiger partial charge in [0, 0.05) is 18.5 Å². The van der Waals surface area contributed by atoms with Gasteiger partial charge < -0.3 is 15.0 Å². The van der Waals surface area contributed by atoms with Crippen molar-refractivity contribution in [2.75, 3.05) is 30.8 Å². The van der Waals surface area contributed by atoms with Crippen LogP contribution < -0.4 is 14.4 Å². The van der Waals surface area contributed by atoms with E-state index < -0.39 is 28.5 Å². The number of sulfonamides is 1. The first-order chi connectivity index (χ1) is 17.7. The van der Waals surface area contributed by atoms with Gasteiger partial charge >= 0.3 is 0 Å². The summed E-state index contributed by atoms with van der Waals surface area (Å²) in [6, 6.07) is 19.2. The van der Waals surface area contributed by atoms with Gasteiger partial charge in [0.25, 0.3) is 0 Å². The van der Waals surface area contributed by atoms with E-state index in [2.05, 4.69) is 5.32 Å². The second-order valence-corrected chi connectivity index (χ2v) is 10.9. The molecule has 8 nitrogen and oxygen atoms in total. The molecule has 3 rings (SSSR count). The summed E-state index contributed by atoms with van der Waals surface area (Å²) in [6.07, 6.45) is 2.83. The largest absolute Gasteiger partial charge is 0.497 e. The lowest BCUT2D eigenvalue weighted by molar-refractivity contribution is -0.139. The fourth-order valence-corrected chi connectivity index (χ4v) is 4.97. The number of methoxy groups -OCH3 is 1. The maximum absolute atomic E-state index is 13.8. The third kappa shape index (κ3) is 7.22. The first-order valence-electron chi connectivity index (χ1n) is 12.3. The number of carbonyl (C=O) groups is 2. The van der Waals surface area contributed by atoms with Crippen LogP contribution in [0.3, 0.4) is 0 Å². The number of nitrogens with one attached hydrogen (secondary N) is 1. The van der Waals surface area contributed by atoms with Gasteiger partial charge in [0.2, 0.25) is 21.8 Å². The Morgan fingerprint density at radius 1 is 1.03 bits per heavy atom. The van der Waals surface area contributed by atoms with Crippen LogP contribution in [0, 0.1) is 0 Å². The summed E-state index contributed by atoms with van der Waals surface area (Å²) >= 11 is 0. The van der Waals surface area contributed by atoms with Gasteiger partial charge in [-0.2, -0.15) is 0 Å². The average Bonchev–Trinajstić information content (AvgIpc) is 2.89. The predicted octanol–water partition coefficient (Wildman–Crippen LogP) is 3.95. The van der Waals surface area contributed by atoms with E-state index in [1.807, 2.05) is 49.4 Å². The minimum Gasteiger partial charge on any atom is -0.497 e. The van der Waals surface area contributed by atoms with Gasteiger partial charge in [0.15, 0.2) is 0 Å². The zero-order chi connectivity index (χ0) is 27.0. The number of hydrogen-bond donors (Lipinski definition) is 1. The van der Waals surface area contributed by atoms with Crippen LogP contribution >= 0.6 is 0 Å². The normalized spacial score (nSPS) is 12.1. The molecule has 3 aromatic rings. The maximum Gasteiger partial charge on any atom is 0.244 e. The molecule has 0 aliphatic carbocycles. The molecule has 37 heavy (non-hydrogen) atoms. The molecule has 2 amide bonds. The number of carbonyl (C=O) groups excluding carboxylic acids is 2. The van der Waals surface area contributed by atoms with Crippen LogP contribution in [0.1, 0.15) is 32.3 Å².